The molecule has 0 saturated carbocycles. The average molecular weight is 518 g/mol. The number of aliphatic imine (C=N–C) groups is 1. The molecule has 3 N–H and O–H groups in total. The third-order valence-corrected chi connectivity index (χ3v) is 5.12. The summed E-state index contributed by atoms with van der Waals surface area (Å²) in [7, 11) is 0. The van der Waals surface area contributed by atoms with Crippen LogP contribution in [-0.2, 0) is 16.1 Å². The number of aliphatic carboxylic acids is 1. The van der Waals surface area contributed by atoms with E-state index in [1.807, 2.05) is 13.8 Å². The van der Waals surface area contributed by atoms with Crippen LogP contribution in [0.4, 0.5) is 19.3 Å². The molecule has 2 aromatic carbocycles. The molecule has 1 amide bonds. The number of benzene rings is 2. The van der Waals surface area contributed by atoms with E-state index in [2.05, 4.69) is 4.99 Å². The highest BCUT2D eigenvalue weighted by Gasteiger charge is 2.33. The number of carbonyl (C=O) groups is 3. The minimum atomic E-state index is -1.13. The molecule has 2 aromatic rings. The predicted molar refractivity (Wildman–Crippen MR) is 136 cm³/mol. The van der Waals surface area contributed by atoms with Crippen molar-refractivity contribution in [2.24, 2.45) is 16.6 Å². The number of amides is 1. The van der Waals surface area contributed by atoms with Crippen LogP contribution in [0, 0.1) is 17.6 Å². The minimum Gasteiger partial charge on any atom is -0.480 e. The summed E-state index contributed by atoms with van der Waals surface area (Å²) in [4.78, 5) is 42.5. The van der Waals surface area contributed by atoms with Crippen LogP contribution in [0.2, 0.25) is 0 Å². The third kappa shape index (κ3) is 9.29. The van der Waals surface area contributed by atoms with Crippen LogP contribution >= 0.6 is 0 Å². The Morgan fingerprint density at radius 1 is 1.08 bits per heavy atom. The molecule has 0 aliphatic carbocycles. The molecular formula is C27H33F2N3O5. The summed E-state index contributed by atoms with van der Waals surface area (Å²) in [5.74, 6) is -3.59. The molecule has 10 heteroatoms. The van der Waals surface area contributed by atoms with Crippen LogP contribution in [0.3, 0.4) is 0 Å². The second-order valence-corrected chi connectivity index (χ2v) is 10.1. The predicted octanol–water partition coefficient (Wildman–Crippen LogP) is 5.46. The van der Waals surface area contributed by atoms with Crippen molar-refractivity contribution in [3.05, 3.63) is 65.2 Å². The fourth-order valence-corrected chi connectivity index (χ4v) is 3.48. The molecule has 8 nitrogen and oxygen atoms in total. The molecule has 2 rings (SSSR count). The summed E-state index contributed by atoms with van der Waals surface area (Å²) in [6.07, 6.45) is -0.860. The SMILES string of the molecule is CC(C)C[C@@H](C(=O)O)N(Cc1ccc(N=C(N)CC(=O)c2ccc(F)cc2F)cc1)C(=O)OC(C)(C)C. The van der Waals surface area contributed by atoms with Crippen molar-refractivity contribution >= 4 is 29.4 Å². The molecule has 0 fully saturated rings. The zero-order valence-electron chi connectivity index (χ0n) is 21.6. The highest BCUT2D eigenvalue weighted by atomic mass is 19.1. The van der Waals surface area contributed by atoms with Crippen molar-refractivity contribution in [1.29, 1.82) is 0 Å². The van der Waals surface area contributed by atoms with E-state index in [0.717, 1.165) is 12.1 Å². The van der Waals surface area contributed by atoms with E-state index in [-0.39, 0.29) is 36.7 Å². The number of amidine groups is 1. The lowest BCUT2D eigenvalue weighted by Gasteiger charge is -2.32. The van der Waals surface area contributed by atoms with Crippen LogP contribution in [-0.4, -0.2) is 45.3 Å². The number of carboxylic acid groups (broad SMARTS) is 1. The lowest BCUT2D eigenvalue weighted by atomic mass is 10.0. The number of nitrogens with zero attached hydrogens (tertiary/aromatic N) is 2. The zero-order chi connectivity index (χ0) is 27.9. The van der Waals surface area contributed by atoms with Gasteiger partial charge in [-0.1, -0.05) is 26.0 Å². The van der Waals surface area contributed by atoms with Crippen LogP contribution in [0.5, 0.6) is 0 Å². The normalized spacial score (nSPS) is 12.8. The number of nitrogens with two attached hydrogens (primary N) is 1. The summed E-state index contributed by atoms with van der Waals surface area (Å²) in [5, 5.41) is 9.80. The van der Waals surface area contributed by atoms with Crippen LogP contribution in [0.1, 0.15) is 63.4 Å². The summed E-state index contributed by atoms with van der Waals surface area (Å²) < 4.78 is 32.4. The van der Waals surface area contributed by atoms with E-state index in [1.54, 1.807) is 45.0 Å². The van der Waals surface area contributed by atoms with E-state index >= 15 is 0 Å². The van der Waals surface area contributed by atoms with Crippen LogP contribution in [0.25, 0.3) is 0 Å². The van der Waals surface area contributed by atoms with Gasteiger partial charge in [0.05, 0.1) is 17.7 Å². The van der Waals surface area contributed by atoms with E-state index in [0.29, 0.717) is 17.3 Å². The number of ketones is 1. The Morgan fingerprint density at radius 3 is 2.22 bits per heavy atom. The summed E-state index contributed by atoms with van der Waals surface area (Å²) in [6.45, 7) is 8.83. The van der Waals surface area contributed by atoms with Crippen molar-refractivity contribution in [2.75, 3.05) is 0 Å². The molecule has 0 unspecified atom stereocenters. The topological polar surface area (TPSA) is 122 Å². The number of hydrogen-bond acceptors (Lipinski definition) is 5. The molecule has 0 aromatic heterocycles. The van der Waals surface area contributed by atoms with Gasteiger partial charge >= 0.3 is 12.1 Å². The van der Waals surface area contributed by atoms with Crippen molar-refractivity contribution in [2.45, 2.75) is 65.6 Å². The first-order chi connectivity index (χ1) is 17.2. The highest BCUT2D eigenvalue weighted by molar-refractivity contribution is 6.09. The maximum absolute atomic E-state index is 13.8. The van der Waals surface area contributed by atoms with Gasteiger partial charge in [0.25, 0.3) is 0 Å². The Morgan fingerprint density at radius 2 is 1.70 bits per heavy atom. The highest BCUT2D eigenvalue weighted by Crippen LogP contribution is 2.22. The molecular weight excluding hydrogens is 484 g/mol. The number of carboxylic acids is 1. The lowest BCUT2D eigenvalue weighted by molar-refractivity contribution is -0.144. The first-order valence-electron chi connectivity index (χ1n) is 11.8. The summed E-state index contributed by atoms with van der Waals surface area (Å²) in [6, 6.07) is 8.07. The molecule has 0 spiro atoms. The maximum Gasteiger partial charge on any atom is 0.411 e. The van der Waals surface area contributed by atoms with Gasteiger partial charge in [0.1, 0.15) is 29.1 Å². The van der Waals surface area contributed by atoms with Crippen molar-refractivity contribution in [3.8, 4) is 0 Å². The molecule has 0 aliphatic heterocycles. The fourth-order valence-electron chi connectivity index (χ4n) is 3.48. The third-order valence-electron chi connectivity index (χ3n) is 5.12. The van der Waals surface area contributed by atoms with Gasteiger partial charge < -0.3 is 15.6 Å². The molecule has 0 heterocycles. The number of ether oxygens (including phenoxy) is 1. The molecule has 200 valence electrons. The Hall–Kier alpha value is -3.82. The largest absolute Gasteiger partial charge is 0.480 e. The number of hydrogen-bond donors (Lipinski definition) is 2. The fraction of sp³-hybridized carbons (Fsp3) is 0.407. The van der Waals surface area contributed by atoms with E-state index in [9.17, 15) is 28.3 Å². The van der Waals surface area contributed by atoms with Crippen molar-refractivity contribution in [3.63, 3.8) is 0 Å². The second kappa shape index (κ2) is 12.4. The number of Topliss-reactive ketones (excluding diaryl/α,β-unsaturated/α-hetero) is 1. The number of carbonyl (C=O) groups excluding carboxylic acids is 2. The Labute approximate surface area is 215 Å². The summed E-state index contributed by atoms with van der Waals surface area (Å²) in [5.41, 5.74) is 5.79. The minimum absolute atomic E-state index is 0.0135. The van der Waals surface area contributed by atoms with E-state index in [4.69, 9.17) is 10.5 Å². The molecule has 0 radical (unpaired) electrons. The van der Waals surface area contributed by atoms with E-state index < -0.39 is 41.1 Å². The van der Waals surface area contributed by atoms with Crippen molar-refractivity contribution in [1.82, 2.24) is 4.90 Å². The molecule has 0 saturated heterocycles. The standard InChI is InChI=1S/C27H33F2N3O5/c1-16(2)12-22(25(34)35)32(26(36)37-27(3,4)5)15-17-6-9-19(10-7-17)31-24(30)14-23(33)20-11-8-18(28)13-21(20)29/h6-11,13,16,22H,12,14-15H2,1-5H3,(H2,30,31)(H,34,35)/t22-/m0/s1. The van der Waals surface area contributed by atoms with Crippen molar-refractivity contribution < 1.29 is 33.0 Å². The van der Waals surface area contributed by atoms with Gasteiger partial charge in [-0.05, 0) is 62.9 Å². The quantitative estimate of drug-likeness (QED) is 0.245. The maximum atomic E-state index is 13.8. The average Bonchev–Trinajstić information content (AvgIpc) is 2.75. The summed E-state index contributed by atoms with van der Waals surface area (Å²) >= 11 is 0. The van der Waals surface area contributed by atoms with Gasteiger partial charge in [0.15, 0.2) is 5.78 Å². The van der Waals surface area contributed by atoms with Gasteiger partial charge in [-0.3, -0.25) is 9.69 Å². The molecule has 0 aliphatic rings. The first kappa shape index (κ1) is 29.4. The molecule has 0 bridgehead atoms. The van der Waals surface area contributed by atoms with Crippen LogP contribution < -0.4 is 5.73 Å². The van der Waals surface area contributed by atoms with Crippen LogP contribution in [0.15, 0.2) is 47.5 Å². The Balaban J connectivity index is 2.20. The monoisotopic (exact) mass is 517 g/mol. The van der Waals surface area contributed by atoms with Gasteiger partial charge in [0, 0.05) is 12.6 Å². The van der Waals surface area contributed by atoms with Gasteiger partial charge in [-0.2, -0.15) is 0 Å². The lowest BCUT2D eigenvalue weighted by Crippen LogP contribution is -2.47. The van der Waals surface area contributed by atoms with Gasteiger partial charge in [-0.15, -0.1) is 0 Å². The molecule has 1 atom stereocenters. The molecule has 37 heavy (non-hydrogen) atoms. The Kier molecular flexibility index (Phi) is 9.88. The Bertz CT molecular complexity index is 1160. The number of halogens is 2. The zero-order valence-corrected chi connectivity index (χ0v) is 21.6. The second-order valence-electron chi connectivity index (χ2n) is 10.1. The number of rotatable bonds is 10. The first-order valence-corrected chi connectivity index (χ1v) is 11.8. The smallest absolute Gasteiger partial charge is 0.411 e. The van der Waals surface area contributed by atoms with E-state index in [1.165, 1.54) is 4.90 Å². The van der Waals surface area contributed by atoms with Gasteiger partial charge in [0.2, 0.25) is 0 Å². The van der Waals surface area contributed by atoms with Gasteiger partial charge in [-0.25, -0.2) is 23.4 Å².